The van der Waals surface area contributed by atoms with Crippen molar-refractivity contribution >= 4 is 41.0 Å². The first-order chi connectivity index (χ1) is 9.92. The van der Waals surface area contributed by atoms with Gasteiger partial charge in [0.2, 0.25) is 0 Å². The van der Waals surface area contributed by atoms with Crippen LogP contribution in [0, 0.1) is 5.92 Å². The highest BCUT2D eigenvalue weighted by atomic mass is 32.1. The lowest BCUT2D eigenvalue weighted by atomic mass is 10.0. The summed E-state index contributed by atoms with van der Waals surface area (Å²) in [6.07, 6.45) is 5.02. The minimum absolute atomic E-state index is 0.0611. The van der Waals surface area contributed by atoms with Gasteiger partial charge in [-0.3, -0.25) is 9.59 Å². The van der Waals surface area contributed by atoms with Crippen molar-refractivity contribution in [1.82, 2.24) is 4.90 Å². The van der Waals surface area contributed by atoms with Crippen LogP contribution >= 0.6 is 24.8 Å². The monoisotopic (exact) mass is 334 g/mol. The number of carbonyl (C=O) groups excluding carboxylic acids is 2. The minimum Gasteiger partial charge on any atom is -0.470 e. The molecular formula is C14H26N2O3S2. The molecule has 1 aliphatic carbocycles. The smallest absolute Gasteiger partial charge is 0.273 e. The van der Waals surface area contributed by atoms with E-state index in [0.29, 0.717) is 24.0 Å². The zero-order valence-electron chi connectivity index (χ0n) is 12.8. The first kappa shape index (κ1) is 20.2. The fourth-order valence-electron chi connectivity index (χ4n) is 2.15. The number of primary amides is 1. The normalized spacial score (nSPS) is 18.0. The Bertz CT molecular complexity index is 343. The lowest BCUT2D eigenvalue weighted by molar-refractivity contribution is -0.123. The molecule has 2 N–H and O–H groups in total. The van der Waals surface area contributed by atoms with Gasteiger partial charge in [-0.15, -0.1) is 0 Å². The van der Waals surface area contributed by atoms with Crippen LogP contribution in [-0.4, -0.2) is 40.8 Å². The first-order valence-corrected chi connectivity index (χ1v) is 8.20. The van der Waals surface area contributed by atoms with Crippen LogP contribution in [0.1, 0.15) is 46.0 Å². The van der Waals surface area contributed by atoms with Crippen LogP contribution in [0.3, 0.4) is 0 Å². The molecule has 122 valence electrons. The Labute approximate surface area is 138 Å². The molecule has 1 fully saturated rings. The SMILES string of the molecule is CCN(CC)C(=S)OCC1CCCCCC1=O.NC(=O)S. The third-order valence-corrected chi connectivity index (χ3v) is 3.74. The van der Waals surface area contributed by atoms with Crippen molar-refractivity contribution in [2.45, 2.75) is 46.0 Å². The van der Waals surface area contributed by atoms with Crippen molar-refractivity contribution < 1.29 is 14.3 Å². The number of thiocarbonyl (C=S) groups is 1. The Morgan fingerprint density at radius 1 is 1.38 bits per heavy atom. The van der Waals surface area contributed by atoms with E-state index in [0.717, 1.165) is 32.4 Å². The fourth-order valence-corrected chi connectivity index (χ4v) is 2.48. The third-order valence-electron chi connectivity index (χ3n) is 3.36. The van der Waals surface area contributed by atoms with Gasteiger partial charge in [-0.05, 0) is 38.9 Å². The molecule has 0 spiro atoms. The Morgan fingerprint density at radius 2 is 1.95 bits per heavy atom. The number of hydrogen-bond acceptors (Lipinski definition) is 4. The Kier molecular flexibility index (Phi) is 11.3. The van der Waals surface area contributed by atoms with Crippen LogP contribution in [0.5, 0.6) is 0 Å². The molecule has 0 aromatic carbocycles. The number of amides is 1. The molecular weight excluding hydrogens is 308 g/mol. The van der Waals surface area contributed by atoms with Crippen molar-refractivity contribution in [3.8, 4) is 0 Å². The number of rotatable bonds is 4. The van der Waals surface area contributed by atoms with Gasteiger partial charge in [0.25, 0.3) is 10.4 Å². The first-order valence-electron chi connectivity index (χ1n) is 7.35. The Hall–Kier alpha value is -0.820. The summed E-state index contributed by atoms with van der Waals surface area (Å²) in [5.41, 5.74) is 4.34. The van der Waals surface area contributed by atoms with E-state index in [4.69, 9.17) is 21.7 Å². The van der Waals surface area contributed by atoms with E-state index >= 15 is 0 Å². The second-order valence-corrected chi connectivity index (χ2v) is 5.64. The maximum atomic E-state index is 11.8. The minimum atomic E-state index is -0.639. The predicted octanol–water partition coefficient (Wildman–Crippen LogP) is 2.77. The van der Waals surface area contributed by atoms with Gasteiger partial charge >= 0.3 is 0 Å². The van der Waals surface area contributed by atoms with Crippen molar-refractivity contribution in [2.75, 3.05) is 19.7 Å². The summed E-state index contributed by atoms with van der Waals surface area (Å²) in [7, 11) is 0. The quantitative estimate of drug-likeness (QED) is 0.470. The van der Waals surface area contributed by atoms with Gasteiger partial charge in [0.05, 0.1) is 5.92 Å². The second-order valence-electron chi connectivity index (χ2n) is 4.85. The van der Waals surface area contributed by atoms with E-state index in [1.54, 1.807) is 0 Å². The molecule has 0 heterocycles. The summed E-state index contributed by atoms with van der Waals surface area (Å²) in [6, 6.07) is 0. The molecule has 5 nitrogen and oxygen atoms in total. The van der Waals surface area contributed by atoms with E-state index in [1.165, 1.54) is 6.42 Å². The van der Waals surface area contributed by atoms with Crippen molar-refractivity contribution in [2.24, 2.45) is 11.7 Å². The highest BCUT2D eigenvalue weighted by Gasteiger charge is 2.22. The lowest BCUT2D eigenvalue weighted by Crippen LogP contribution is -2.33. The van der Waals surface area contributed by atoms with E-state index in [9.17, 15) is 4.79 Å². The highest BCUT2D eigenvalue weighted by molar-refractivity contribution is 7.96. The van der Waals surface area contributed by atoms with Crippen LogP contribution in [0.4, 0.5) is 4.79 Å². The number of hydrogen-bond donors (Lipinski definition) is 2. The summed E-state index contributed by atoms with van der Waals surface area (Å²) < 4.78 is 5.59. The van der Waals surface area contributed by atoms with Gasteiger partial charge in [-0.2, -0.15) is 0 Å². The average molecular weight is 335 g/mol. The average Bonchev–Trinajstić information content (AvgIpc) is 2.62. The van der Waals surface area contributed by atoms with Gasteiger partial charge in [-0.1, -0.05) is 25.5 Å². The predicted molar refractivity (Wildman–Crippen MR) is 91.6 cm³/mol. The molecule has 0 saturated heterocycles. The second kappa shape index (κ2) is 11.8. The third kappa shape index (κ3) is 9.68. The van der Waals surface area contributed by atoms with Crippen LogP contribution < -0.4 is 5.73 Å². The fraction of sp³-hybridized carbons (Fsp3) is 0.786. The van der Waals surface area contributed by atoms with Gasteiger partial charge < -0.3 is 15.4 Å². The number of thiol groups is 1. The molecule has 7 heteroatoms. The van der Waals surface area contributed by atoms with Crippen LogP contribution in [0.25, 0.3) is 0 Å². The summed E-state index contributed by atoms with van der Waals surface area (Å²) in [5.74, 6) is 0.413. The van der Waals surface area contributed by atoms with Crippen molar-refractivity contribution in [3.63, 3.8) is 0 Å². The standard InChI is InChI=1S/C13H23NO2S.CH3NOS/c1-3-14(4-2)13(17)16-10-11-8-6-5-7-9-12(11)15;2-1(3)4/h11H,3-10H2,1-2H3;(H3,2,3,4). The van der Waals surface area contributed by atoms with Crippen molar-refractivity contribution in [3.05, 3.63) is 0 Å². The van der Waals surface area contributed by atoms with Gasteiger partial charge in [0, 0.05) is 19.5 Å². The maximum Gasteiger partial charge on any atom is 0.273 e. The Morgan fingerprint density at radius 3 is 2.48 bits per heavy atom. The van der Waals surface area contributed by atoms with Crippen LogP contribution in [0.15, 0.2) is 0 Å². The molecule has 0 aromatic rings. The van der Waals surface area contributed by atoms with E-state index in [1.807, 2.05) is 4.90 Å². The van der Waals surface area contributed by atoms with E-state index in [2.05, 4.69) is 32.2 Å². The van der Waals surface area contributed by atoms with Gasteiger partial charge in [0.1, 0.15) is 12.4 Å². The zero-order valence-corrected chi connectivity index (χ0v) is 14.5. The zero-order chi connectivity index (χ0) is 16.3. The maximum absolute atomic E-state index is 11.8. The molecule has 0 aromatic heterocycles. The molecule has 0 aliphatic heterocycles. The largest absolute Gasteiger partial charge is 0.470 e. The van der Waals surface area contributed by atoms with E-state index < -0.39 is 5.24 Å². The highest BCUT2D eigenvalue weighted by Crippen LogP contribution is 2.20. The molecule has 0 bridgehead atoms. The molecule has 21 heavy (non-hydrogen) atoms. The summed E-state index contributed by atoms with van der Waals surface area (Å²) >= 11 is 8.31. The Balaban J connectivity index is 0.000000885. The summed E-state index contributed by atoms with van der Waals surface area (Å²) in [4.78, 5) is 22.9. The molecule has 0 radical (unpaired) electrons. The number of carbonyl (C=O) groups is 2. The number of Topliss-reactive ketones (excluding diaryl/α,β-unsaturated/α-hetero) is 1. The molecule has 1 rings (SSSR count). The van der Waals surface area contributed by atoms with Gasteiger partial charge in [0.15, 0.2) is 0 Å². The number of ether oxygens (including phenoxy) is 1. The summed E-state index contributed by atoms with van der Waals surface area (Å²) in [6.45, 7) is 6.28. The number of nitrogens with two attached hydrogens (primary N) is 1. The van der Waals surface area contributed by atoms with Crippen LogP contribution in [0.2, 0.25) is 0 Å². The lowest BCUT2D eigenvalue weighted by Gasteiger charge is -2.23. The van der Waals surface area contributed by atoms with Crippen LogP contribution in [-0.2, 0) is 9.53 Å². The van der Waals surface area contributed by atoms with Crippen molar-refractivity contribution in [1.29, 1.82) is 0 Å². The molecule has 1 unspecified atom stereocenters. The van der Waals surface area contributed by atoms with E-state index in [-0.39, 0.29) is 5.92 Å². The molecule has 1 saturated carbocycles. The van der Waals surface area contributed by atoms with Gasteiger partial charge in [-0.25, -0.2) is 0 Å². The molecule has 1 aliphatic rings. The molecule has 1 amide bonds. The number of nitrogens with zero attached hydrogens (tertiary/aromatic N) is 1. The molecule has 1 atom stereocenters. The topological polar surface area (TPSA) is 72.6 Å². The summed E-state index contributed by atoms with van der Waals surface area (Å²) in [5, 5.41) is -0.105. The number of ketones is 1.